The summed E-state index contributed by atoms with van der Waals surface area (Å²) in [5.74, 6) is -0.466. The number of nitrogens with one attached hydrogen (secondary N) is 2. The smallest absolute Gasteiger partial charge is 0.251 e. The maximum Gasteiger partial charge on any atom is 0.251 e. The van der Waals surface area contributed by atoms with Crippen molar-refractivity contribution in [3.63, 3.8) is 0 Å². The highest BCUT2D eigenvalue weighted by molar-refractivity contribution is 7.89. The van der Waals surface area contributed by atoms with E-state index in [9.17, 15) is 18.0 Å². The fourth-order valence-electron chi connectivity index (χ4n) is 4.46. The van der Waals surface area contributed by atoms with Crippen LogP contribution in [0.4, 0.5) is 5.69 Å². The van der Waals surface area contributed by atoms with Gasteiger partial charge < -0.3 is 10.6 Å². The molecule has 0 spiro atoms. The first-order valence-corrected chi connectivity index (χ1v) is 12.7. The summed E-state index contributed by atoms with van der Waals surface area (Å²) in [5, 5.41) is 5.89. The minimum absolute atomic E-state index is 0.106. The molecular weight excluding hydrogens is 426 g/mol. The predicted octanol–water partition coefficient (Wildman–Crippen LogP) is 3.54. The van der Waals surface area contributed by atoms with Gasteiger partial charge in [-0.05, 0) is 62.1 Å². The van der Waals surface area contributed by atoms with Gasteiger partial charge in [0, 0.05) is 23.8 Å². The van der Waals surface area contributed by atoms with Crippen molar-refractivity contribution in [2.24, 2.45) is 0 Å². The minimum atomic E-state index is -3.74. The maximum atomic E-state index is 13.0. The van der Waals surface area contributed by atoms with E-state index < -0.39 is 16.1 Å². The zero-order chi connectivity index (χ0) is 22.6. The fourth-order valence-corrected chi connectivity index (χ4v) is 6.14. The lowest BCUT2D eigenvalue weighted by atomic mass is 9.95. The number of carbonyl (C=O) groups excluding carboxylic acids is 2. The van der Waals surface area contributed by atoms with Gasteiger partial charge in [0.25, 0.3) is 5.91 Å². The molecule has 8 heteroatoms. The lowest BCUT2D eigenvalue weighted by Gasteiger charge is -2.23. The fraction of sp³-hybridized carbons (Fsp3) is 0.417. The van der Waals surface area contributed by atoms with E-state index in [1.54, 1.807) is 54.6 Å². The molecule has 0 aromatic heterocycles. The topological polar surface area (TPSA) is 95.6 Å². The molecule has 2 aromatic carbocycles. The van der Waals surface area contributed by atoms with Gasteiger partial charge in [0.05, 0.1) is 4.90 Å². The highest BCUT2D eigenvalue weighted by atomic mass is 32.2. The van der Waals surface area contributed by atoms with Crippen LogP contribution in [-0.2, 0) is 14.8 Å². The Balaban J connectivity index is 1.39. The standard InChI is InChI=1S/C24H29N3O4S/c28-23(25-19-8-3-1-4-9-19)18-13-15-20(16-14-18)26-24(29)22-12-7-17-27(22)32(30,31)21-10-5-2-6-11-21/h2,5-6,10-11,13-16,19,22H,1,3-4,7-9,12,17H2,(H,25,28)(H,26,29). The highest BCUT2D eigenvalue weighted by Crippen LogP contribution is 2.27. The molecule has 2 amide bonds. The summed E-state index contributed by atoms with van der Waals surface area (Å²) >= 11 is 0. The molecule has 2 N–H and O–H groups in total. The highest BCUT2D eigenvalue weighted by Gasteiger charge is 2.39. The largest absolute Gasteiger partial charge is 0.349 e. The number of benzene rings is 2. The van der Waals surface area contributed by atoms with Crippen LogP contribution in [0.25, 0.3) is 0 Å². The van der Waals surface area contributed by atoms with Crippen LogP contribution in [0.5, 0.6) is 0 Å². The number of amides is 2. The van der Waals surface area contributed by atoms with E-state index >= 15 is 0 Å². The Morgan fingerprint density at radius 2 is 1.53 bits per heavy atom. The Hall–Kier alpha value is -2.71. The molecule has 1 saturated heterocycles. The van der Waals surface area contributed by atoms with Crippen LogP contribution in [0.1, 0.15) is 55.3 Å². The lowest BCUT2D eigenvalue weighted by Crippen LogP contribution is -2.43. The van der Waals surface area contributed by atoms with Gasteiger partial charge in [-0.15, -0.1) is 0 Å². The van der Waals surface area contributed by atoms with Crippen molar-refractivity contribution < 1.29 is 18.0 Å². The second-order valence-corrected chi connectivity index (χ2v) is 10.4. The van der Waals surface area contributed by atoms with Gasteiger partial charge in [-0.1, -0.05) is 37.5 Å². The number of nitrogens with zero attached hydrogens (tertiary/aromatic N) is 1. The van der Waals surface area contributed by atoms with Gasteiger partial charge in [0.15, 0.2) is 0 Å². The van der Waals surface area contributed by atoms with E-state index in [0.717, 1.165) is 25.7 Å². The summed E-state index contributed by atoms with van der Waals surface area (Å²) in [6, 6.07) is 14.4. The van der Waals surface area contributed by atoms with Gasteiger partial charge in [0.2, 0.25) is 15.9 Å². The molecule has 2 fully saturated rings. The first kappa shape index (κ1) is 22.5. The SMILES string of the molecule is O=C(NC1CCCCC1)c1ccc(NC(=O)C2CCCN2S(=O)(=O)c2ccccc2)cc1. The Morgan fingerprint density at radius 1 is 0.844 bits per heavy atom. The van der Waals surface area contributed by atoms with Crippen LogP contribution in [-0.4, -0.2) is 43.2 Å². The molecule has 0 radical (unpaired) electrons. The monoisotopic (exact) mass is 455 g/mol. The van der Waals surface area contributed by atoms with Crippen molar-refractivity contribution in [2.75, 3.05) is 11.9 Å². The van der Waals surface area contributed by atoms with Crippen molar-refractivity contribution >= 4 is 27.5 Å². The predicted molar refractivity (Wildman–Crippen MR) is 123 cm³/mol. The number of carbonyl (C=O) groups is 2. The van der Waals surface area contributed by atoms with E-state index in [1.807, 2.05) is 0 Å². The van der Waals surface area contributed by atoms with E-state index in [2.05, 4.69) is 10.6 Å². The van der Waals surface area contributed by atoms with Gasteiger partial charge in [-0.3, -0.25) is 9.59 Å². The second-order valence-electron chi connectivity index (χ2n) is 8.46. The molecule has 1 aliphatic carbocycles. The molecule has 0 bridgehead atoms. The van der Waals surface area contributed by atoms with E-state index in [4.69, 9.17) is 0 Å². The normalized spacial score (nSPS) is 20.1. The molecule has 1 saturated carbocycles. The van der Waals surface area contributed by atoms with Crippen molar-refractivity contribution in [3.05, 3.63) is 60.2 Å². The lowest BCUT2D eigenvalue weighted by molar-refractivity contribution is -0.119. The average molecular weight is 456 g/mol. The second kappa shape index (κ2) is 9.83. The van der Waals surface area contributed by atoms with Crippen LogP contribution in [0.15, 0.2) is 59.5 Å². The van der Waals surface area contributed by atoms with Crippen molar-refractivity contribution in [3.8, 4) is 0 Å². The zero-order valence-electron chi connectivity index (χ0n) is 18.0. The van der Waals surface area contributed by atoms with E-state index in [0.29, 0.717) is 30.6 Å². The quantitative estimate of drug-likeness (QED) is 0.696. The third kappa shape index (κ3) is 5.02. The molecule has 1 heterocycles. The van der Waals surface area contributed by atoms with Crippen LogP contribution in [0.2, 0.25) is 0 Å². The molecule has 32 heavy (non-hydrogen) atoms. The van der Waals surface area contributed by atoms with Crippen molar-refractivity contribution in [1.82, 2.24) is 9.62 Å². The third-order valence-corrected chi connectivity index (χ3v) is 8.13. The molecule has 1 atom stereocenters. The maximum absolute atomic E-state index is 13.0. The molecule has 170 valence electrons. The van der Waals surface area contributed by atoms with Crippen LogP contribution >= 0.6 is 0 Å². The Kier molecular flexibility index (Phi) is 6.91. The van der Waals surface area contributed by atoms with Crippen molar-refractivity contribution in [1.29, 1.82) is 0 Å². The van der Waals surface area contributed by atoms with Gasteiger partial charge in [0.1, 0.15) is 6.04 Å². The molecule has 1 aliphatic heterocycles. The molecule has 2 aliphatic rings. The first-order chi connectivity index (χ1) is 15.4. The molecule has 1 unspecified atom stereocenters. The summed E-state index contributed by atoms with van der Waals surface area (Å²) in [5.41, 5.74) is 1.08. The average Bonchev–Trinajstić information content (AvgIpc) is 3.32. The molecular formula is C24H29N3O4S. The summed E-state index contributed by atoms with van der Waals surface area (Å²) in [6.07, 6.45) is 6.66. The van der Waals surface area contributed by atoms with Gasteiger partial charge >= 0.3 is 0 Å². The summed E-state index contributed by atoms with van der Waals surface area (Å²) in [4.78, 5) is 25.5. The Labute approximate surface area is 189 Å². The first-order valence-electron chi connectivity index (χ1n) is 11.2. The summed E-state index contributed by atoms with van der Waals surface area (Å²) in [6.45, 7) is 0.315. The van der Waals surface area contributed by atoms with Crippen LogP contribution in [0.3, 0.4) is 0 Å². The zero-order valence-corrected chi connectivity index (χ0v) is 18.8. The Bertz CT molecular complexity index is 1050. The van der Waals surface area contributed by atoms with Gasteiger partial charge in [-0.2, -0.15) is 4.31 Å². The molecule has 7 nitrogen and oxygen atoms in total. The number of sulfonamides is 1. The van der Waals surface area contributed by atoms with E-state index in [-0.39, 0.29) is 22.8 Å². The van der Waals surface area contributed by atoms with E-state index in [1.165, 1.54) is 10.7 Å². The van der Waals surface area contributed by atoms with Crippen LogP contribution < -0.4 is 10.6 Å². The summed E-state index contributed by atoms with van der Waals surface area (Å²) in [7, 11) is -3.74. The number of hydrogen-bond donors (Lipinski definition) is 2. The number of rotatable bonds is 6. The summed E-state index contributed by atoms with van der Waals surface area (Å²) < 4.78 is 27.3. The number of anilines is 1. The van der Waals surface area contributed by atoms with Crippen LogP contribution in [0, 0.1) is 0 Å². The number of hydrogen-bond acceptors (Lipinski definition) is 4. The van der Waals surface area contributed by atoms with Crippen molar-refractivity contribution in [2.45, 2.75) is 61.9 Å². The third-order valence-electron chi connectivity index (χ3n) is 6.21. The van der Waals surface area contributed by atoms with Gasteiger partial charge in [-0.25, -0.2) is 8.42 Å². The molecule has 2 aromatic rings. The minimum Gasteiger partial charge on any atom is -0.349 e. The Morgan fingerprint density at radius 3 is 2.22 bits per heavy atom. The molecule has 4 rings (SSSR count).